The zero-order chi connectivity index (χ0) is 14.7. The van der Waals surface area contributed by atoms with Crippen LogP contribution in [0.1, 0.15) is 5.56 Å². The molecule has 1 heterocycles. The molecule has 0 spiro atoms. The van der Waals surface area contributed by atoms with E-state index in [1.807, 2.05) is 30.3 Å². The quantitative estimate of drug-likeness (QED) is 0.857. The fourth-order valence-electron chi connectivity index (χ4n) is 2.13. The van der Waals surface area contributed by atoms with Crippen LogP contribution in [-0.2, 0) is 11.2 Å². The zero-order valence-electron chi connectivity index (χ0n) is 11.3. The van der Waals surface area contributed by atoms with Crippen LogP contribution in [-0.4, -0.2) is 19.1 Å². The van der Waals surface area contributed by atoms with Crippen molar-refractivity contribution in [1.82, 2.24) is 0 Å². The maximum absolute atomic E-state index is 12.0. The number of carbonyl (C=O) groups is 1. The van der Waals surface area contributed by atoms with Gasteiger partial charge in [-0.25, -0.2) is 0 Å². The smallest absolute Gasteiger partial charge is 0.228 e. The number of fused-ring (bicyclic) bond motifs is 1. The lowest BCUT2D eigenvalue weighted by Gasteiger charge is -2.19. The molecule has 5 heteroatoms. The summed E-state index contributed by atoms with van der Waals surface area (Å²) in [6, 6.07) is 12.9. The molecule has 0 saturated carbocycles. The number of anilines is 1. The second-order valence-corrected chi connectivity index (χ2v) is 5.27. The van der Waals surface area contributed by atoms with Gasteiger partial charge in [0.15, 0.2) is 11.5 Å². The number of ether oxygens (including phenoxy) is 2. The van der Waals surface area contributed by atoms with Crippen molar-refractivity contribution in [2.24, 2.45) is 0 Å². The first-order valence-electron chi connectivity index (χ1n) is 6.68. The molecule has 21 heavy (non-hydrogen) atoms. The lowest BCUT2D eigenvalue weighted by atomic mass is 10.1. The predicted octanol–water partition coefficient (Wildman–Crippen LogP) is 2.93. The van der Waals surface area contributed by atoms with Crippen molar-refractivity contribution < 1.29 is 14.3 Å². The monoisotopic (exact) mass is 301 g/mol. The highest BCUT2D eigenvalue weighted by Gasteiger charge is 2.12. The fourth-order valence-corrected chi connectivity index (χ4v) is 2.27. The minimum atomic E-state index is -0.0707. The van der Waals surface area contributed by atoms with Crippen LogP contribution in [0.15, 0.2) is 47.4 Å². The number of rotatable bonds is 3. The number of carbonyl (C=O) groups excluding carboxylic acids is 1. The molecule has 4 nitrogen and oxygen atoms in total. The van der Waals surface area contributed by atoms with Crippen LogP contribution >= 0.6 is 12.6 Å². The van der Waals surface area contributed by atoms with Crippen molar-refractivity contribution in [3.05, 3.63) is 48.0 Å². The van der Waals surface area contributed by atoms with Crippen LogP contribution in [0.5, 0.6) is 11.5 Å². The number of thiol groups is 1. The molecule has 0 radical (unpaired) electrons. The Morgan fingerprint density at radius 2 is 1.76 bits per heavy atom. The Hall–Kier alpha value is -2.14. The summed E-state index contributed by atoms with van der Waals surface area (Å²) in [6.45, 7) is 1.08. The van der Waals surface area contributed by atoms with Crippen LogP contribution in [0.2, 0.25) is 0 Å². The van der Waals surface area contributed by atoms with Crippen molar-refractivity contribution >= 4 is 24.2 Å². The van der Waals surface area contributed by atoms with E-state index in [1.165, 1.54) is 0 Å². The van der Waals surface area contributed by atoms with Crippen LogP contribution in [0.3, 0.4) is 0 Å². The fraction of sp³-hybridized carbons (Fsp3) is 0.188. The Morgan fingerprint density at radius 1 is 1.05 bits per heavy atom. The molecule has 0 saturated heterocycles. The van der Waals surface area contributed by atoms with E-state index in [2.05, 4.69) is 17.9 Å². The number of hydrogen-bond acceptors (Lipinski definition) is 4. The Bertz CT molecular complexity index is 655. The standard InChI is InChI=1S/C16H15NO3S/c18-16(9-11-1-4-13(21)5-2-11)17-12-3-6-14-15(10-12)20-8-7-19-14/h1-6,10,21H,7-9H2,(H,17,18). The third-order valence-electron chi connectivity index (χ3n) is 3.13. The van der Waals surface area contributed by atoms with Gasteiger partial charge in [0, 0.05) is 16.6 Å². The molecule has 0 unspecified atom stereocenters. The summed E-state index contributed by atoms with van der Waals surface area (Å²) in [5.41, 5.74) is 1.65. The van der Waals surface area contributed by atoms with Crippen molar-refractivity contribution in [3.8, 4) is 11.5 Å². The Balaban J connectivity index is 1.65. The molecule has 1 amide bonds. The van der Waals surface area contributed by atoms with Crippen LogP contribution in [0.4, 0.5) is 5.69 Å². The molecule has 2 aromatic rings. The molecule has 3 rings (SSSR count). The van der Waals surface area contributed by atoms with E-state index in [4.69, 9.17) is 9.47 Å². The lowest BCUT2D eigenvalue weighted by molar-refractivity contribution is -0.115. The largest absolute Gasteiger partial charge is 0.486 e. The maximum atomic E-state index is 12.0. The Labute approximate surface area is 128 Å². The topological polar surface area (TPSA) is 47.6 Å². The van der Waals surface area contributed by atoms with Crippen LogP contribution in [0, 0.1) is 0 Å². The van der Waals surface area contributed by atoms with Gasteiger partial charge in [-0.3, -0.25) is 4.79 Å². The van der Waals surface area contributed by atoms with E-state index in [9.17, 15) is 4.79 Å². The van der Waals surface area contributed by atoms with Gasteiger partial charge >= 0.3 is 0 Å². The van der Waals surface area contributed by atoms with Gasteiger partial charge in [0.2, 0.25) is 5.91 Å². The Morgan fingerprint density at radius 3 is 2.52 bits per heavy atom. The molecule has 0 bridgehead atoms. The van der Waals surface area contributed by atoms with E-state index in [0.29, 0.717) is 36.8 Å². The molecule has 1 aliphatic rings. The molecule has 0 atom stereocenters. The van der Waals surface area contributed by atoms with Gasteiger partial charge in [0.25, 0.3) is 0 Å². The summed E-state index contributed by atoms with van der Waals surface area (Å²) >= 11 is 4.22. The summed E-state index contributed by atoms with van der Waals surface area (Å²) in [4.78, 5) is 12.9. The molecular formula is C16H15NO3S. The molecule has 1 N–H and O–H groups in total. The minimum absolute atomic E-state index is 0.0707. The van der Waals surface area contributed by atoms with E-state index in [1.54, 1.807) is 12.1 Å². The van der Waals surface area contributed by atoms with Gasteiger partial charge in [-0.15, -0.1) is 12.6 Å². The molecule has 0 fully saturated rings. The van der Waals surface area contributed by atoms with Gasteiger partial charge in [-0.05, 0) is 29.8 Å². The number of benzene rings is 2. The number of nitrogens with one attached hydrogen (secondary N) is 1. The van der Waals surface area contributed by atoms with Gasteiger partial charge < -0.3 is 14.8 Å². The van der Waals surface area contributed by atoms with Gasteiger partial charge in [0.05, 0.1) is 6.42 Å². The first-order valence-corrected chi connectivity index (χ1v) is 7.13. The van der Waals surface area contributed by atoms with Crippen molar-refractivity contribution in [3.63, 3.8) is 0 Å². The third-order valence-corrected chi connectivity index (χ3v) is 3.43. The number of amides is 1. The van der Waals surface area contributed by atoms with Gasteiger partial charge in [-0.1, -0.05) is 12.1 Å². The van der Waals surface area contributed by atoms with Crippen LogP contribution < -0.4 is 14.8 Å². The second kappa shape index (κ2) is 6.10. The van der Waals surface area contributed by atoms with E-state index in [0.717, 1.165) is 10.5 Å². The maximum Gasteiger partial charge on any atom is 0.228 e. The molecule has 108 valence electrons. The Kier molecular flexibility index (Phi) is 4.01. The van der Waals surface area contributed by atoms with Crippen molar-refractivity contribution in [2.45, 2.75) is 11.3 Å². The van der Waals surface area contributed by atoms with E-state index >= 15 is 0 Å². The average molecular weight is 301 g/mol. The highest BCUT2D eigenvalue weighted by Crippen LogP contribution is 2.32. The molecule has 1 aliphatic heterocycles. The highest BCUT2D eigenvalue weighted by molar-refractivity contribution is 7.80. The average Bonchev–Trinajstić information content (AvgIpc) is 2.49. The lowest BCUT2D eigenvalue weighted by Crippen LogP contribution is -2.17. The third kappa shape index (κ3) is 3.49. The first-order chi connectivity index (χ1) is 10.2. The zero-order valence-corrected chi connectivity index (χ0v) is 12.2. The van der Waals surface area contributed by atoms with Gasteiger partial charge in [-0.2, -0.15) is 0 Å². The SMILES string of the molecule is O=C(Cc1ccc(S)cc1)Nc1ccc2c(c1)OCCO2. The van der Waals surface area contributed by atoms with Gasteiger partial charge in [0.1, 0.15) is 13.2 Å². The number of hydrogen-bond donors (Lipinski definition) is 2. The summed E-state index contributed by atoms with van der Waals surface area (Å²) < 4.78 is 10.9. The predicted molar refractivity (Wildman–Crippen MR) is 83.5 cm³/mol. The molecular weight excluding hydrogens is 286 g/mol. The summed E-state index contributed by atoms with van der Waals surface area (Å²) in [5.74, 6) is 1.31. The van der Waals surface area contributed by atoms with Crippen molar-refractivity contribution in [1.29, 1.82) is 0 Å². The van der Waals surface area contributed by atoms with Crippen molar-refractivity contribution in [2.75, 3.05) is 18.5 Å². The molecule has 0 aromatic heterocycles. The van der Waals surface area contributed by atoms with Crippen LogP contribution in [0.25, 0.3) is 0 Å². The summed E-state index contributed by atoms with van der Waals surface area (Å²) in [5, 5.41) is 2.86. The molecule has 0 aliphatic carbocycles. The first kappa shape index (κ1) is 13.8. The summed E-state index contributed by atoms with van der Waals surface area (Å²) in [6.07, 6.45) is 0.322. The highest BCUT2D eigenvalue weighted by atomic mass is 32.1. The normalized spacial score (nSPS) is 12.8. The second-order valence-electron chi connectivity index (χ2n) is 4.75. The van der Waals surface area contributed by atoms with E-state index < -0.39 is 0 Å². The minimum Gasteiger partial charge on any atom is -0.486 e. The summed E-state index contributed by atoms with van der Waals surface area (Å²) in [7, 11) is 0. The van der Waals surface area contributed by atoms with E-state index in [-0.39, 0.29) is 5.91 Å². The molecule has 2 aromatic carbocycles.